The van der Waals surface area contributed by atoms with Crippen LogP contribution < -0.4 is 14.4 Å². The van der Waals surface area contributed by atoms with Crippen molar-refractivity contribution in [2.45, 2.75) is 20.4 Å². The first-order valence-electron chi connectivity index (χ1n) is 7.95. The van der Waals surface area contributed by atoms with Crippen LogP contribution in [0.1, 0.15) is 18.2 Å². The number of ether oxygens (including phenoxy) is 2. The number of para-hydroxylation sites is 1. The fourth-order valence-electron chi connectivity index (χ4n) is 2.78. The minimum Gasteiger partial charge on any atom is -0.493 e. The van der Waals surface area contributed by atoms with Crippen molar-refractivity contribution in [1.82, 2.24) is 14.6 Å². The first kappa shape index (κ1) is 16.1. The van der Waals surface area contributed by atoms with Crippen LogP contribution in [0.25, 0.3) is 5.65 Å². The Morgan fingerprint density at radius 1 is 1.25 bits per heavy atom. The number of hydrogen-bond donors (Lipinski definition) is 0. The number of aromatic nitrogens is 3. The van der Waals surface area contributed by atoms with Gasteiger partial charge in [0.15, 0.2) is 17.1 Å². The van der Waals surface area contributed by atoms with Crippen LogP contribution in [-0.2, 0) is 6.54 Å². The summed E-state index contributed by atoms with van der Waals surface area (Å²) >= 11 is 0. The van der Waals surface area contributed by atoms with Gasteiger partial charge in [0.2, 0.25) is 0 Å². The van der Waals surface area contributed by atoms with E-state index in [9.17, 15) is 0 Å². The first-order chi connectivity index (χ1) is 11.6. The fraction of sp³-hybridized carbons (Fsp3) is 0.333. The molecular weight excluding hydrogens is 304 g/mol. The van der Waals surface area contributed by atoms with Gasteiger partial charge >= 0.3 is 0 Å². The van der Waals surface area contributed by atoms with E-state index in [0.717, 1.165) is 34.2 Å². The lowest BCUT2D eigenvalue weighted by molar-refractivity contribution is 0.307. The van der Waals surface area contributed by atoms with E-state index in [0.29, 0.717) is 13.2 Å². The van der Waals surface area contributed by atoms with Crippen LogP contribution in [0.15, 0.2) is 36.5 Å². The zero-order chi connectivity index (χ0) is 17.1. The number of hydrogen-bond acceptors (Lipinski definition) is 5. The molecule has 0 unspecified atom stereocenters. The molecule has 2 aromatic heterocycles. The highest BCUT2D eigenvalue weighted by Crippen LogP contribution is 2.32. The van der Waals surface area contributed by atoms with Crippen molar-refractivity contribution in [3.8, 4) is 11.5 Å². The standard InChI is InChI=1S/C18H22N4O2/c1-5-24-18-14(7-6-8-15(18)23-4)12-21(3)17-11-13(2)20-16-9-10-19-22(16)17/h6-11H,5,12H2,1-4H3. The molecule has 24 heavy (non-hydrogen) atoms. The van der Waals surface area contributed by atoms with Gasteiger partial charge in [0.1, 0.15) is 5.82 Å². The Kier molecular flexibility index (Phi) is 4.55. The predicted octanol–water partition coefficient (Wildman–Crippen LogP) is 3.08. The molecule has 1 aromatic carbocycles. The van der Waals surface area contributed by atoms with E-state index in [2.05, 4.69) is 21.0 Å². The molecule has 6 nitrogen and oxygen atoms in total. The van der Waals surface area contributed by atoms with Crippen LogP contribution in [0.5, 0.6) is 11.5 Å². The minimum absolute atomic E-state index is 0.592. The number of methoxy groups -OCH3 is 1. The predicted molar refractivity (Wildman–Crippen MR) is 94.0 cm³/mol. The van der Waals surface area contributed by atoms with Crippen molar-refractivity contribution in [3.63, 3.8) is 0 Å². The van der Waals surface area contributed by atoms with E-state index >= 15 is 0 Å². The molecule has 0 saturated carbocycles. The summed E-state index contributed by atoms with van der Waals surface area (Å²) in [4.78, 5) is 6.62. The highest BCUT2D eigenvalue weighted by atomic mass is 16.5. The second-order valence-electron chi connectivity index (χ2n) is 5.59. The Hall–Kier alpha value is -2.76. The molecule has 0 aliphatic heterocycles. The quantitative estimate of drug-likeness (QED) is 0.697. The van der Waals surface area contributed by atoms with Crippen molar-refractivity contribution >= 4 is 11.5 Å². The van der Waals surface area contributed by atoms with Gasteiger partial charge in [-0.05, 0) is 19.9 Å². The Morgan fingerprint density at radius 2 is 2.08 bits per heavy atom. The second kappa shape index (κ2) is 6.78. The number of aryl methyl sites for hydroxylation is 1. The van der Waals surface area contributed by atoms with Gasteiger partial charge in [-0.2, -0.15) is 9.61 Å². The molecule has 0 spiro atoms. The molecule has 6 heteroatoms. The number of anilines is 1. The Balaban J connectivity index is 1.97. The van der Waals surface area contributed by atoms with E-state index in [1.807, 2.05) is 49.7 Å². The number of fused-ring (bicyclic) bond motifs is 1. The third kappa shape index (κ3) is 2.99. The van der Waals surface area contributed by atoms with Crippen molar-refractivity contribution in [2.75, 3.05) is 25.7 Å². The molecule has 126 valence electrons. The third-order valence-electron chi connectivity index (χ3n) is 3.84. The summed E-state index contributed by atoms with van der Waals surface area (Å²) in [5.41, 5.74) is 2.86. The highest BCUT2D eigenvalue weighted by Gasteiger charge is 2.15. The number of rotatable bonds is 6. The lowest BCUT2D eigenvalue weighted by Gasteiger charge is -2.22. The lowest BCUT2D eigenvalue weighted by atomic mass is 10.1. The maximum absolute atomic E-state index is 5.81. The largest absolute Gasteiger partial charge is 0.493 e. The molecule has 0 fully saturated rings. The van der Waals surface area contributed by atoms with E-state index in [1.54, 1.807) is 13.3 Å². The Morgan fingerprint density at radius 3 is 2.83 bits per heavy atom. The number of benzene rings is 1. The lowest BCUT2D eigenvalue weighted by Crippen LogP contribution is -2.21. The minimum atomic E-state index is 0.592. The zero-order valence-corrected chi connectivity index (χ0v) is 14.5. The van der Waals surface area contributed by atoms with Crippen LogP contribution in [-0.4, -0.2) is 35.4 Å². The van der Waals surface area contributed by atoms with Crippen molar-refractivity contribution in [3.05, 3.63) is 47.8 Å². The van der Waals surface area contributed by atoms with Gasteiger partial charge in [-0.3, -0.25) is 0 Å². The van der Waals surface area contributed by atoms with E-state index < -0.39 is 0 Å². The third-order valence-corrected chi connectivity index (χ3v) is 3.84. The molecular formula is C18H22N4O2. The SMILES string of the molecule is CCOc1c(CN(C)c2cc(C)nc3ccnn23)cccc1OC. The van der Waals surface area contributed by atoms with Crippen molar-refractivity contribution in [1.29, 1.82) is 0 Å². The molecule has 0 radical (unpaired) electrons. The van der Waals surface area contributed by atoms with Crippen LogP contribution in [0.3, 0.4) is 0 Å². The molecule has 0 N–H and O–H groups in total. The zero-order valence-electron chi connectivity index (χ0n) is 14.5. The monoisotopic (exact) mass is 326 g/mol. The van der Waals surface area contributed by atoms with Gasteiger partial charge < -0.3 is 14.4 Å². The molecule has 3 aromatic rings. The van der Waals surface area contributed by atoms with Gasteiger partial charge in [0.05, 0.1) is 19.9 Å². The summed E-state index contributed by atoms with van der Waals surface area (Å²) in [6, 6.07) is 9.88. The number of nitrogens with zero attached hydrogens (tertiary/aromatic N) is 4. The Bertz CT molecular complexity index is 844. The fourth-order valence-corrected chi connectivity index (χ4v) is 2.78. The van der Waals surface area contributed by atoms with Crippen LogP contribution in [0, 0.1) is 6.92 Å². The van der Waals surface area contributed by atoms with Gasteiger partial charge in [-0.1, -0.05) is 12.1 Å². The molecule has 3 rings (SSSR count). The average molecular weight is 326 g/mol. The normalized spacial score (nSPS) is 10.8. The first-order valence-corrected chi connectivity index (χ1v) is 7.95. The summed E-state index contributed by atoms with van der Waals surface area (Å²) in [6.07, 6.45) is 1.76. The molecule has 0 aliphatic carbocycles. The van der Waals surface area contributed by atoms with Crippen molar-refractivity contribution in [2.24, 2.45) is 0 Å². The van der Waals surface area contributed by atoms with Crippen LogP contribution in [0.2, 0.25) is 0 Å². The maximum Gasteiger partial charge on any atom is 0.166 e. The van der Waals surface area contributed by atoms with Gasteiger partial charge in [-0.15, -0.1) is 0 Å². The summed E-state index contributed by atoms with van der Waals surface area (Å²) < 4.78 is 13.1. The Labute approximate surface area is 141 Å². The van der Waals surface area contributed by atoms with E-state index in [1.165, 1.54) is 0 Å². The molecule has 0 atom stereocenters. The topological polar surface area (TPSA) is 51.9 Å². The summed E-state index contributed by atoms with van der Waals surface area (Å²) in [5.74, 6) is 2.52. The molecule has 2 heterocycles. The summed E-state index contributed by atoms with van der Waals surface area (Å²) in [7, 11) is 3.69. The summed E-state index contributed by atoms with van der Waals surface area (Å²) in [6.45, 7) is 5.22. The summed E-state index contributed by atoms with van der Waals surface area (Å²) in [5, 5.41) is 4.37. The van der Waals surface area contributed by atoms with Gasteiger partial charge in [0, 0.05) is 37.0 Å². The van der Waals surface area contributed by atoms with Gasteiger partial charge in [-0.25, -0.2) is 4.98 Å². The van der Waals surface area contributed by atoms with Crippen LogP contribution in [0.4, 0.5) is 5.82 Å². The smallest absolute Gasteiger partial charge is 0.166 e. The van der Waals surface area contributed by atoms with E-state index in [4.69, 9.17) is 9.47 Å². The molecule has 0 saturated heterocycles. The maximum atomic E-state index is 5.81. The molecule has 0 amide bonds. The van der Waals surface area contributed by atoms with E-state index in [-0.39, 0.29) is 0 Å². The van der Waals surface area contributed by atoms with Crippen LogP contribution >= 0.6 is 0 Å². The average Bonchev–Trinajstić information content (AvgIpc) is 3.03. The highest BCUT2D eigenvalue weighted by molar-refractivity contribution is 5.53. The second-order valence-corrected chi connectivity index (χ2v) is 5.59. The molecule has 0 bridgehead atoms. The van der Waals surface area contributed by atoms with Gasteiger partial charge in [0.25, 0.3) is 0 Å². The van der Waals surface area contributed by atoms with Crippen molar-refractivity contribution < 1.29 is 9.47 Å². The molecule has 0 aliphatic rings.